The molecule has 1 saturated carbocycles. The molecule has 1 aliphatic rings. The number of anilines is 1. The molecule has 2 rings (SSSR count). The summed E-state index contributed by atoms with van der Waals surface area (Å²) in [5.74, 6) is 1.81. The van der Waals surface area contributed by atoms with E-state index in [9.17, 15) is 0 Å². The first-order valence-corrected chi connectivity index (χ1v) is 7.10. The lowest BCUT2D eigenvalue weighted by atomic mass is 10.1. The van der Waals surface area contributed by atoms with Crippen LogP contribution in [0.4, 0.5) is 5.82 Å². The highest BCUT2D eigenvalue weighted by atomic mass is 16.5. The predicted octanol–water partition coefficient (Wildman–Crippen LogP) is 2.37. The molecule has 1 N–H and O–H groups in total. The molecule has 0 bridgehead atoms. The molecule has 0 aromatic carbocycles. The van der Waals surface area contributed by atoms with Crippen molar-refractivity contribution in [3.8, 4) is 0 Å². The van der Waals surface area contributed by atoms with Crippen LogP contribution < -0.4 is 5.32 Å². The molecular weight excluding hydrogens is 238 g/mol. The molecule has 1 heterocycles. The standard InChI is InChI=1S/C15H25N3O/c1-12(14-4-5-14)18(8-9-19-3)11-13-6-7-17-15(10-13)16-2/h6-7,10,12,14H,4-5,8-9,11H2,1-3H3,(H,16,17). The zero-order valence-electron chi connectivity index (χ0n) is 12.2. The average Bonchev–Trinajstić information content (AvgIpc) is 3.27. The van der Waals surface area contributed by atoms with Crippen molar-refractivity contribution in [2.24, 2.45) is 5.92 Å². The van der Waals surface area contributed by atoms with Crippen molar-refractivity contribution in [3.05, 3.63) is 23.9 Å². The second-order valence-corrected chi connectivity index (χ2v) is 5.34. The van der Waals surface area contributed by atoms with Crippen LogP contribution in [-0.2, 0) is 11.3 Å². The number of ether oxygens (including phenoxy) is 1. The van der Waals surface area contributed by atoms with Gasteiger partial charge in [0.2, 0.25) is 0 Å². The Bertz CT molecular complexity index is 393. The quantitative estimate of drug-likeness (QED) is 0.781. The average molecular weight is 263 g/mol. The first kappa shape index (κ1) is 14.3. The molecule has 4 nitrogen and oxygen atoms in total. The van der Waals surface area contributed by atoms with Gasteiger partial charge in [0.1, 0.15) is 5.82 Å². The first-order chi connectivity index (χ1) is 9.24. The van der Waals surface area contributed by atoms with E-state index in [0.29, 0.717) is 6.04 Å². The van der Waals surface area contributed by atoms with Gasteiger partial charge in [-0.1, -0.05) is 0 Å². The smallest absolute Gasteiger partial charge is 0.125 e. The summed E-state index contributed by atoms with van der Waals surface area (Å²) in [7, 11) is 3.67. The Labute approximate surface area is 116 Å². The maximum absolute atomic E-state index is 5.24. The topological polar surface area (TPSA) is 37.4 Å². The van der Waals surface area contributed by atoms with Crippen LogP contribution in [0.2, 0.25) is 0 Å². The summed E-state index contributed by atoms with van der Waals surface area (Å²) in [5, 5.41) is 3.09. The van der Waals surface area contributed by atoms with Gasteiger partial charge in [0.05, 0.1) is 6.61 Å². The zero-order chi connectivity index (χ0) is 13.7. The SMILES string of the molecule is CNc1cc(CN(CCOC)C(C)C2CC2)ccn1. The largest absolute Gasteiger partial charge is 0.383 e. The van der Waals surface area contributed by atoms with E-state index in [1.807, 2.05) is 13.2 Å². The number of aromatic nitrogens is 1. The molecular formula is C15H25N3O. The van der Waals surface area contributed by atoms with Crippen molar-refractivity contribution < 1.29 is 4.74 Å². The highest BCUT2D eigenvalue weighted by Crippen LogP contribution is 2.35. The Kier molecular flexibility index (Phi) is 5.16. The molecule has 1 aliphatic carbocycles. The van der Waals surface area contributed by atoms with E-state index in [0.717, 1.165) is 31.4 Å². The summed E-state index contributed by atoms with van der Waals surface area (Å²) in [6, 6.07) is 4.86. The molecule has 0 aliphatic heterocycles. The minimum Gasteiger partial charge on any atom is -0.383 e. The zero-order valence-corrected chi connectivity index (χ0v) is 12.2. The highest BCUT2D eigenvalue weighted by molar-refractivity contribution is 5.36. The van der Waals surface area contributed by atoms with Gasteiger partial charge >= 0.3 is 0 Å². The first-order valence-electron chi connectivity index (χ1n) is 7.10. The third kappa shape index (κ3) is 4.18. The number of nitrogens with one attached hydrogen (secondary N) is 1. The van der Waals surface area contributed by atoms with Crippen molar-refractivity contribution in [1.82, 2.24) is 9.88 Å². The van der Waals surface area contributed by atoms with Gasteiger partial charge in [-0.25, -0.2) is 4.98 Å². The van der Waals surface area contributed by atoms with Gasteiger partial charge in [-0.3, -0.25) is 4.90 Å². The lowest BCUT2D eigenvalue weighted by molar-refractivity contribution is 0.111. The minimum absolute atomic E-state index is 0.640. The fraction of sp³-hybridized carbons (Fsp3) is 0.667. The minimum atomic E-state index is 0.640. The van der Waals surface area contributed by atoms with Crippen LogP contribution in [-0.4, -0.2) is 43.2 Å². The van der Waals surface area contributed by atoms with Gasteiger partial charge in [0.25, 0.3) is 0 Å². The summed E-state index contributed by atoms with van der Waals surface area (Å²) in [6.07, 6.45) is 4.63. The monoisotopic (exact) mass is 263 g/mol. The molecule has 1 unspecified atom stereocenters. The molecule has 19 heavy (non-hydrogen) atoms. The van der Waals surface area contributed by atoms with Crippen LogP contribution in [0.5, 0.6) is 0 Å². The Morgan fingerprint density at radius 1 is 1.53 bits per heavy atom. The summed E-state index contributed by atoms with van der Waals surface area (Å²) in [4.78, 5) is 6.79. The van der Waals surface area contributed by atoms with E-state index in [1.165, 1.54) is 18.4 Å². The van der Waals surface area contributed by atoms with Gasteiger partial charge in [-0.15, -0.1) is 0 Å². The van der Waals surface area contributed by atoms with Gasteiger partial charge in [-0.2, -0.15) is 0 Å². The highest BCUT2D eigenvalue weighted by Gasteiger charge is 2.31. The van der Waals surface area contributed by atoms with Gasteiger partial charge in [0, 0.05) is 39.5 Å². The summed E-state index contributed by atoms with van der Waals surface area (Å²) in [5.41, 5.74) is 1.31. The summed E-state index contributed by atoms with van der Waals surface area (Å²) >= 11 is 0. The van der Waals surface area contributed by atoms with Crippen LogP contribution in [0, 0.1) is 5.92 Å². The Hall–Kier alpha value is -1.13. The lowest BCUT2D eigenvalue weighted by Gasteiger charge is -2.29. The van der Waals surface area contributed by atoms with Crippen molar-refractivity contribution in [3.63, 3.8) is 0 Å². The van der Waals surface area contributed by atoms with E-state index < -0.39 is 0 Å². The predicted molar refractivity (Wildman–Crippen MR) is 78.3 cm³/mol. The summed E-state index contributed by atoms with van der Waals surface area (Å²) in [6.45, 7) is 5.10. The molecule has 1 aromatic heterocycles. The van der Waals surface area contributed by atoms with Crippen LogP contribution >= 0.6 is 0 Å². The fourth-order valence-corrected chi connectivity index (χ4v) is 2.46. The van der Waals surface area contributed by atoms with E-state index in [4.69, 9.17) is 4.74 Å². The van der Waals surface area contributed by atoms with Crippen molar-refractivity contribution in [1.29, 1.82) is 0 Å². The Morgan fingerprint density at radius 2 is 2.32 bits per heavy atom. The molecule has 1 fully saturated rings. The third-order valence-corrected chi connectivity index (χ3v) is 3.93. The number of rotatable bonds is 8. The van der Waals surface area contributed by atoms with Crippen molar-refractivity contribution in [2.45, 2.75) is 32.4 Å². The van der Waals surface area contributed by atoms with E-state index in [-0.39, 0.29) is 0 Å². The van der Waals surface area contributed by atoms with Crippen LogP contribution in [0.3, 0.4) is 0 Å². The van der Waals surface area contributed by atoms with E-state index in [2.05, 4.69) is 34.3 Å². The summed E-state index contributed by atoms with van der Waals surface area (Å²) < 4.78 is 5.24. The van der Waals surface area contributed by atoms with Gasteiger partial charge in [-0.05, 0) is 43.4 Å². The second kappa shape index (κ2) is 6.87. The van der Waals surface area contributed by atoms with Crippen LogP contribution in [0.25, 0.3) is 0 Å². The van der Waals surface area contributed by atoms with E-state index >= 15 is 0 Å². The van der Waals surface area contributed by atoms with Crippen molar-refractivity contribution in [2.75, 3.05) is 32.6 Å². The van der Waals surface area contributed by atoms with E-state index in [1.54, 1.807) is 7.11 Å². The maximum Gasteiger partial charge on any atom is 0.125 e. The molecule has 0 radical (unpaired) electrons. The second-order valence-electron chi connectivity index (χ2n) is 5.34. The molecule has 1 aromatic rings. The van der Waals surface area contributed by atoms with Crippen LogP contribution in [0.1, 0.15) is 25.3 Å². The molecule has 106 valence electrons. The van der Waals surface area contributed by atoms with Gasteiger partial charge in [0.15, 0.2) is 0 Å². The molecule has 1 atom stereocenters. The number of methoxy groups -OCH3 is 1. The Morgan fingerprint density at radius 3 is 2.95 bits per heavy atom. The Balaban J connectivity index is 2.00. The number of nitrogens with zero attached hydrogens (tertiary/aromatic N) is 2. The van der Waals surface area contributed by atoms with Crippen LogP contribution in [0.15, 0.2) is 18.3 Å². The molecule has 4 heteroatoms. The normalized spacial score (nSPS) is 16.6. The number of pyridine rings is 1. The lowest BCUT2D eigenvalue weighted by Crippen LogP contribution is -2.36. The molecule has 0 saturated heterocycles. The fourth-order valence-electron chi connectivity index (χ4n) is 2.46. The molecule has 0 spiro atoms. The van der Waals surface area contributed by atoms with Gasteiger partial charge < -0.3 is 10.1 Å². The number of hydrogen-bond donors (Lipinski definition) is 1. The third-order valence-electron chi connectivity index (χ3n) is 3.93. The van der Waals surface area contributed by atoms with Crippen molar-refractivity contribution >= 4 is 5.82 Å². The number of hydrogen-bond acceptors (Lipinski definition) is 4. The molecule has 0 amide bonds. The maximum atomic E-state index is 5.24.